The van der Waals surface area contributed by atoms with Crippen LogP contribution in [0.1, 0.15) is 43.7 Å². The largest absolute Gasteiger partial charge is 0.497 e. The SMILES string of the molecule is COc1ccc([C@@H](CNS(=O)(=O)CC[C@H]2CCCO2)N2CCCC2)cc1. The fraction of sp³-hybridized carbons (Fsp3) is 0.684. The van der Waals surface area contributed by atoms with Gasteiger partial charge in [0.05, 0.1) is 19.0 Å². The van der Waals surface area contributed by atoms with Crippen molar-refractivity contribution >= 4 is 10.0 Å². The van der Waals surface area contributed by atoms with Crippen LogP contribution in [0.2, 0.25) is 0 Å². The lowest BCUT2D eigenvalue weighted by Crippen LogP contribution is -2.38. The molecule has 0 saturated carbocycles. The fourth-order valence-electron chi connectivity index (χ4n) is 3.77. The van der Waals surface area contributed by atoms with E-state index in [0.29, 0.717) is 13.0 Å². The highest BCUT2D eigenvalue weighted by atomic mass is 32.2. The van der Waals surface area contributed by atoms with Gasteiger partial charge in [-0.15, -0.1) is 0 Å². The number of likely N-dealkylation sites (tertiary alicyclic amines) is 1. The molecule has 146 valence electrons. The van der Waals surface area contributed by atoms with Crippen molar-refractivity contribution in [1.82, 2.24) is 9.62 Å². The molecule has 0 bridgehead atoms. The van der Waals surface area contributed by atoms with E-state index in [1.54, 1.807) is 7.11 Å². The molecule has 2 atom stereocenters. The Kier molecular flexibility index (Phi) is 6.92. The van der Waals surface area contributed by atoms with Gasteiger partial charge in [-0.1, -0.05) is 12.1 Å². The molecule has 26 heavy (non-hydrogen) atoms. The molecule has 0 amide bonds. The molecule has 1 N–H and O–H groups in total. The first-order valence-electron chi connectivity index (χ1n) is 9.54. The van der Waals surface area contributed by atoms with Crippen molar-refractivity contribution in [3.63, 3.8) is 0 Å². The van der Waals surface area contributed by atoms with Gasteiger partial charge in [-0.25, -0.2) is 13.1 Å². The van der Waals surface area contributed by atoms with Crippen LogP contribution in [-0.4, -0.2) is 58.5 Å². The number of methoxy groups -OCH3 is 1. The number of nitrogens with zero attached hydrogens (tertiary/aromatic N) is 1. The average molecular weight is 383 g/mol. The zero-order chi connectivity index (χ0) is 18.4. The molecule has 2 aliphatic heterocycles. The monoisotopic (exact) mass is 382 g/mol. The molecule has 0 spiro atoms. The van der Waals surface area contributed by atoms with Crippen LogP contribution in [0, 0.1) is 0 Å². The lowest BCUT2D eigenvalue weighted by Gasteiger charge is -2.28. The van der Waals surface area contributed by atoms with Gasteiger partial charge in [-0.3, -0.25) is 4.90 Å². The van der Waals surface area contributed by atoms with Gasteiger partial charge >= 0.3 is 0 Å². The Balaban J connectivity index is 1.61. The summed E-state index contributed by atoms with van der Waals surface area (Å²) in [6.07, 6.45) is 5.01. The lowest BCUT2D eigenvalue weighted by atomic mass is 10.1. The van der Waals surface area contributed by atoms with Crippen LogP contribution in [0.3, 0.4) is 0 Å². The molecule has 0 unspecified atom stereocenters. The van der Waals surface area contributed by atoms with Gasteiger partial charge in [-0.2, -0.15) is 0 Å². The summed E-state index contributed by atoms with van der Waals surface area (Å²) in [7, 11) is -1.65. The highest BCUT2D eigenvalue weighted by molar-refractivity contribution is 7.89. The van der Waals surface area contributed by atoms with Crippen LogP contribution in [0.25, 0.3) is 0 Å². The van der Waals surface area contributed by atoms with Gasteiger partial charge in [-0.05, 0) is 62.9 Å². The molecular formula is C19H30N2O4S. The van der Waals surface area contributed by atoms with Gasteiger partial charge < -0.3 is 9.47 Å². The third kappa shape index (κ3) is 5.42. The Hall–Kier alpha value is -1.15. The van der Waals surface area contributed by atoms with Gasteiger partial charge in [0.25, 0.3) is 0 Å². The Bertz CT molecular complexity index is 651. The summed E-state index contributed by atoms with van der Waals surface area (Å²) in [6, 6.07) is 7.99. The summed E-state index contributed by atoms with van der Waals surface area (Å²) < 4.78 is 38.5. The Labute approximate surface area is 156 Å². The maximum absolute atomic E-state index is 12.4. The molecule has 1 aromatic rings. The number of benzene rings is 1. The molecule has 7 heteroatoms. The van der Waals surface area contributed by atoms with Crippen LogP contribution >= 0.6 is 0 Å². The van der Waals surface area contributed by atoms with E-state index in [4.69, 9.17) is 9.47 Å². The van der Waals surface area contributed by atoms with E-state index in [-0.39, 0.29) is 17.9 Å². The topological polar surface area (TPSA) is 67.9 Å². The minimum absolute atomic E-state index is 0.0564. The summed E-state index contributed by atoms with van der Waals surface area (Å²) in [5, 5.41) is 0. The first-order chi connectivity index (χ1) is 12.6. The van der Waals surface area contributed by atoms with E-state index in [9.17, 15) is 8.42 Å². The van der Waals surface area contributed by atoms with Gasteiger partial charge in [0.15, 0.2) is 0 Å². The highest BCUT2D eigenvalue weighted by Gasteiger charge is 2.26. The molecule has 0 radical (unpaired) electrons. The van der Waals surface area contributed by atoms with Crippen molar-refractivity contribution in [3.05, 3.63) is 29.8 Å². The number of hydrogen-bond donors (Lipinski definition) is 1. The molecular weight excluding hydrogens is 352 g/mol. The normalized spacial score (nSPS) is 22.6. The van der Waals surface area contributed by atoms with Crippen molar-refractivity contribution in [2.24, 2.45) is 0 Å². The standard InChI is InChI=1S/C19H30N2O4S/c1-24-17-8-6-16(7-9-17)19(21-11-2-3-12-21)15-20-26(22,23)14-10-18-5-4-13-25-18/h6-9,18-20H,2-5,10-15H2,1H3/t18-,19-/m1/s1. The Morgan fingerprint density at radius 2 is 1.96 bits per heavy atom. The first-order valence-corrected chi connectivity index (χ1v) is 11.2. The zero-order valence-electron chi connectivity index (χ0n) is 15.5. The van der Waals surface area contributed by atoms with E-state index in [1.807, 2.05) is 24.3 Å². The second kappa shape index (κ2) is 9.17. The molecule has 1 aromatic carbocycles. The van der Waals surface area contributed by atoms with Crippen LogP contribution in [0.4, 0.5) is 0 Å². The molecule has 2 aliphatic rings. The van der Waals surface area contributed by atoms with E-state index >= 15 is 0 Å². The van der Waals surface area contributed by atoms with Gasteiger partial charge in [0.2, 0.25) is 10.0 Å². The summed E-state index contributed by atoms with van der Waals surface area (Å²) in [5.41, 5.74) is 1.12. The van der Waals surface area contributed by atoms with Crippen molar-refractivity contribution in [1.29, 1.82) is 0 Å². The lowest BCUT2D eigenvalue weighted by molar-refractivity contribution is 0.108. The summed E-state index contributed by atoms with van der Waals surface area (Å²) >= 11 is 0. The molecule has 0 aliphatic carbocycles. The van der Waals surface area contributed by atoms with Crippen molar-refractivity contribution in [2.45, 2.75) is 44.2 Å². The van der Waals surface area contributed by atoms with Gasteiger partial charge in [0.1, 0.15) is 5.75 Å². The fourth-order valence-corrected chi connectivity index (χ4v) is 4.90. The second-order valence-electron chi connectivity index (χ2n) is 7.12. The van der Waals surface area contributed by atoms with Crippen LogP contribution in [-0.2, 0) is 14.8 Å². The molecule has 6 nitrogen and oxygen atoms in total. The van der Waals surface area contributed by atoms with E-state index in [1.165, 1.54) is 12.8 Å². The third-order valence-electron chi connectivity index (χ3n) is 5.31. The molecule has 0 aromatic heterocycles. The number of nitrogens with one attached hydrogen (secondary N) is 1. The number of rotatable bonds is 9. The molecule has 2 heterocycles. The molecule has 2 saturated heterocycles. The number of hydrogen-bond acceptors (Lipinski definition) is 5. The van der Waals surface area contributed by atoms with Crippen LogP contribution in [0.15, 0.2) is 24.3 Å². The first kappa shape index (κ1) is 19.6. The summed E-state index contributed by atoms with van der Waals surface area (Å²) in [6.45, 7) is 3.18. The maximum Gasteiger partial charge on any atom is 0.211 e. The average Bonchev–Trinajstić information content (AvgIpc) is 3.35. The van der Waals surface area contributed by atoms with E-state index in [2.05, 4.69) is 9.62 Å². The predicted molar refractivity (Wildman–Crippen MR) is 102 cm³/mol. The van der Waals surface area contributed by atoms with Crippen molar-refractivity contribution in [2.75, 3.05) is 39.1 Å². The van der Waals surface area contributed by atoms with Crippen molar-refractivity contribution < 1.29 is 17.9 Å². The number of ether oxygens (including phenoxy) is 2. The van der Waals surface area contributed by atoms with Crippen LogP contribution in [0.5, 0.6) is 5.75 Å². The Morgan fingerprint density at radius 1 is 1.23 bits per heavy atom. The maximum atomic E-state index is 12.4. The second-order valence-corrected chi connectivity index (χ2v) is 9.05. The Morgan fingerprint density at radius 3 is 2.58 bits per heavy atom. The third-order valence-corrected chi connectivity index (χ3v) is 6.69. The quantitative estimate of drug-likeness (QED) is 0.710. The van der Waals surface area contributed by atoms with E-state index in [0.717, 1.165) is 43.9 Å². The molecule has 2 fully saturated rings. The minimum Gasteiger partial charge on any atom is -0.497 e. The zero-order valence-corrected chi connectivity index (χ0v) is 16.3. The highest BCUT2D eigenvalue weighted by Crippen LogP contribution is 2.26. The summed E-state index contributed by atoms with van der Waals surface area (Å²) in [5.74, 6) is 0.943. The van der Waals surface area contributed by atoms with Crippen LogP contribution < -0.4 is 9.46 Å². The molecule has 3 rings (SSSR count). The minimum atomic E-state index is -3.30. The number of sulfonamides is 1. The van der Waals surface area contributed by atoms with Gasteiger partial charge in [0, 0.05) is 19.2 Å². The smallest absolute Gasteiger partial charge is 0.211 e. The predicted octanol–water partition coefficient (Wildman–Crippen LogP) is 2.32. The van der Waals surface area contributed by atoms with E-state index < -0.39 is 10.0 Å². The summed E-state index contributed by atoms with van der Waals surface area (Å²) in [4.78, 5) is 2.37. The van der Waals surface area contributed by atoms with Crippen molar-refractivity contribution in [3.8, 4) is 5.75 Å².